The standard InChI is InChI=1S/C20H25NO4S/c1-20(2,12-13-22)18(14-4-8-16(23)9-5-14)25-19(24)21-15-6-10-17(26-3)11-7-15/h4-11,18,22-23H,12-13H2,1-3H3,(H,21,24)/t18-/m1/s1. The Morgan fingerprint density at radius 2 is 1.77 bits per heavy atom. The number of ether oxygens (including phenoxy) is 1. The van der Waals surface area contributed by atoms with Gasteiger partial charge in [0.1, 0.15) is 11.9 Å². The lowest BCUT2D eigenvalue weighted by atomic mass is 9.80. The predicted octanol–water partition coefficient (Wildman–Crippen LogP) is 4.81. The van der Waals surface area contributed by atoms with Crippen molar-refractivity contribution in [1.82, 2.24) is 0 Å². The number of phenolic OH excluding ortho intramolecular Hbond substituents is 1. The summed E-state index contributed by atoms with van der Waals surface area (Å²) in [5, 5.41) is 21.6. The molecule has 2 rings (SSSR count). The highest BCUT2D eigenvalue weighted by Crippen LogP contribution is 2.40. The maximum Gasteiger partial charge on any atom is 0.412 e. The smallest absolute Gasteiger partial charge is 0.412 e. The van der Waals surface area contributed by atoms with E-state index in [9.17, 15) is 15.0 Å². The predicted molar refractivity (Wildman–Crippen MR) is 105 cm³/mol. The van der Waals surface area contributed by atoms with Crippen molar-refractivity contribution in [3.63, 3.8) is 0 Å². The molecule has 0 radical (unpaired) electrons. The highest BCUT2D eigenvalue weighted by atomic mass is 32.2. The SMILES string of the molecule is CSc1ccc(NC(=O)O[C@H](c2ccc(O)cc2)C(C)(C)CCO)cc1. The van der Waals surface area contributed by atoms with Gasteiger partial charge in [0.05, 0.1) is 0 Å². The first-order chi connectivity index (χ1) is 12.4. The van der Waals surface area contributed by atoms with Crippen LogP contribution in [0, 0.1) is 5.41 Å². The number of aliphatic hydroxyl groups excluding tert-OH is 1. The zero-order valence-electron chi connectivity index (χ0n) is 15.2. The molecule has 0 aliphatic carbocycles. The molecule has 140 valence electrons. The van der Waals surface area contributed by atoms with Crippen LogP contribution in [0.5, 0.6) is 5.75 Å². The van der Waals surface area contributed by atoms with Crippen LogP contribution in [-0.4, -0.2) is 29.2 Å². The third-order valence-electron chi connectivity index (χ3n) is 4.22. The summed E-state index contributed by atoms with van der Waals surface area (Å²) in [4.78, 5) is 13.5. The zero-order valence-corrected chi connectivity index (χ0v) is 16.0. The van der Waals surface area contributed by atoms with Gasteiger partial charge in [-0.25, -0.2) is 4.79 Å². The molecule has 0 aromatic heterocycles. The molecule has 26 heavy (non-hydrogen) atoms. The Morgan fingerprint density at radius 1 is 1.15 bits per heavy atom. The van der Waals surface area contributed by atoms with Gasteiger partial charge in [0.15, 0.2) is 0 Å². The second kappa shape index (κ2) is 8.96. The molecular formula is C20H25NO4S. The molecule has 0 saturated heterocycles. The van der Waals surface area contributed by atoms with Gasteiger partial charge in [0, 0.05) is 22.6 Å². The Balaban J connectivity index is 2.16. The van der Waals surface area contributed by atoms with Gasteiger partial charge in [-0.05, 0) is 54.6 Å². The summed E-state index contributed by atoms with van der Waals surface area (Å²) < 4.78 is 5.71. The molecule has 1 atom stereocenters. The minimum atomic E-state index is -0.569. The number of nitrogens with one attached hydrogen (secondary N) is 1. The summed E-state index contributed by atoms with van der Waals surface area (Å²) in [5.41, 5.74) is 0.928. The van der Waals surface area contributed by atoms with E-state index in [-0.39, 0.29) is 12.4 Å². The van der Waals surface area contributed by atoms with Crippen LogP contribution in [0.2, 0.25) is 0 Å². The number of hydrogen-bond donors (Lipinski definition) is 3. The quantitative estimate of drug-likeness (QED) is 0.605. The Hall–Kier alpha value is -2.18. The van der Waals surface area contributed by atoms with E-state index in [1.165, 1.54) is 0 Å². The monoisotopic (exact) mass is 375 g/mol. The molecule has 0 aliphatic heterocycles. The van der Waals surface area contributed by atoms with E-state index in [2.05, 4.69) is 5.32 Å². The maximum atomic E-state index is 12.4. The molecule has 0 bridgehead atoms. The van der Waals surface area contributed by atoms with Gasteiger partial charge in [0.2, 0.25) is 0 Å². The van der Waals surface area contributed by atoms with Crippen molar-refractivity contribution in [2.24, 2.45) is 5.41 Å². The summed E-state index contributed by atoms with van der Waals surface area (Å²) in [6.45, 7) is 3.85. The summed E-state index contributed by atoms with van der Waals surface area (Å²) in [6, 6.07) is 14.0. The van der Waals surface area contributed by atoms with Gasteiger partial charge < -0.3 is 14.9 Å². The molecule has 0 aliphatic rings. The molecule has 2 aromatic rings. The summed E-state index contributed by atoms with van der Waals surface area (Å²) in [7, 11) is 0. The molecule has 5 nitrogen and oxygen atoms in total. The van der Waals surface area contributed by atoms with Crippen LogP contribution in [0.1, 0.15) is 31.9 Å². The average Bonchev–Trinajstić information content (AvgIpc) is 2.61. The van der Waals surface area contributed by atoms with Crippen LogP contribution in [0.3, 0.4) is 0 Å². The van der Waals surface area contributed by atoms with E-state index < -0.39 is 17.6 Å². The van der Waals surface area contributed by atoms with Gasteiger partial charge >= 0.3 is 6.09 Å². The number of rotatable bonds is 7. The van der Waals surface area contributed by atoms with E-state index in [1.54, 1.807) is 36.0 Å². The summed E-state index contributed by atoms with van der Waals surface area (Å²) in [5.74, 6) is 0.144. The summed E-state index contributed by atoms with van der Waals surface area (Å²) >= 11 is 1.63. The largest absolute Gasteiger partial charge is 0.508 e. The van der Waals surface area contributed by atoms with Crippen LogP contribution in [0.15, 0.2) is 53.4 Å². The fraction of sp³-hybridized carbons (Fsp3) is 0.350. The fourth-order valence-corrected chi connectivity index (χ4v) is 3.08. The minimum Gasteiger partial charge on any atom is -0.508 e. The number of carbonyl (C=O) groups excluding carboxylic acids is 1. The van der Waals surface area contributed by atoms with Crippen molar-refractivity contribution >= 4 is 23.5 Å². The molecule has 0 heterocycles. The van der Waals surface area contributed by atoms with Crippen molar-refractivity contribution < 1.29 is 19.7 Å². The van der Waals surface area contributed by atoms with Crippen molar-refractivity contribution in [1.29, 1.82) is 0 Å². The van der Waals surface area contributed by atoms with Crippen molar-refractivity contribution in [2.75, 3.05) is 18.2 Å². The Morgan fingerprint density at radius 3 is 2.31 bits per heavy atom. The van der Waals surface area contributed by atoms with Crippen LogP contribution < -0.4 is 5.32 Å². The van der Waals surface area contributed by atoms with Crippen molar-refractivity contribution in [3.8, 4) is 5.75 Å². The molecule has 0 fully saturated rings. The third kappa shape index (κ3) is 5.41. The lowest BCUT2D eigenvalue weighted by Crippen LogP contribution is -2.29. The molecule has 1 amide bonds. The van der Waals surface area contributed by atoms with Gasteiger partial charge in [-0.2, -0.15) is 0 Å². The third-order valence-corrected chi connectivity index (χ3v) is 4.97. The van der Waals surface area contributed by atoms with E-state index in [0.717, 1.165) is 10.5 Å². The number of phenols is 1. The molecule has 6 heteroatoms. The van der Waals surface area contributed by atoms with Crippen LogP contribution in [0.4, 0.5) is 10.5 Å². The lowest BCUT2D eigenvalue weighted by Gasteiger charge is -2.33. The second-order valence-electron chi connectivity index (χ2n) is 6.69. The van der Waals surface area contributed by atoms with Gasteiger partial charge in [-0.3, -0.25) is 5.32 Å². The summed E-state index contributed by atoms with van der Waals surface area (Å²) in [6.07, 6.45) is 1.32. The van der Waals surface area contributed by atoms with Gasteiger partial charge in [-0.1, -0.05) is 26.0 Å². The normalized spacial score (nSPS) is 12.5. The van der Waals surface area contributed by atoms with E-state index in [0.29, 0.717) is 12.1 Å². The Bertz CT molecular complexity index is 714. The first-order valence-corrected chi connectivity index (χ1v) is 9.59. The second-order valence-corrected chi connectivity index (χ2v) is 7.57. The highest BCUT2D eigenvalue weighted by molar-refractivity contribution is 7.98. The minimum absolute atomic E-state index is 0.0112. The first kappa shape index (κ1) is 20.1. The lowest BCUT2D eigenvalue weighted by molar-refractivity contribution is 0.0152. The number of benzene rings is 2. The van der Waals surface area contributed by atoms with Crippen molar-refractivity contribution in [2.45, 2.75) is 31.3 Å². The number of carbonyl (C=O) groups is 1. The first-order valence-electron chi connectivity index (χ1n) is 8.37. The zero-order chi connectivity index (χ0) is 19.2. The van der Waals surface area contributed by atoms with E-state index >= 15 is 0 Å². The van der Waals surface area contributed by atoms with E-state index in [1.807, 2.05) is 44.4 Å². The maximum absolute atomic E-state index is 12.4. The molecule has 0 unspecified atom stereocenters. The molecule has 0 spiro atoms. The number of thioether (sulfide) groups is 1. The van der Waals surface area contributed by atoms with Gasteiger partial charge in [-0.15, -0.1) is 11.8 Å². The fourth-order valence-electron chi connectivity index (χ4n) is 2.68. The molecule has 0 saturated carbocycles. The number of aliphatic hydroxyl groups is 1. The molecule has 2 aromatic carbocycles. The average molecular weight is 375 g/mol. The topological polar surface area (TPSA) is 78.8 Å². The Kier molecular flexibility index (Phi) is 6.94. The van der Waals surface area contributed by atoms with Crippen LogP contribution in [-0.2, 0) is 4.74 Å². The Labute approximate surface area is 158 Å². The molecular weight excluding hydrogens is 350 g/mol. The number of anilines is 1. The van der Waals surface area contributed by atoms with E-state index in [4.69, 9.17) is 4.74 Å². The molecule has 3 N–H and O–H groups in total. The van der Waals surface area contributed by atoms with Gasteiger partial charge in [0.25, 0.3) is 0 Å². The van der Waals surface area contributed by atoms with Crippen LogP contribution >= 0.6 is 11.8 Å². The number of hydrogen-bond acceptors (Lipinski definition) is 5. The highest BCUT2D eigenvalue weighted by Gasteiger charge is 2.34. The number of aromatic hydroxyl groups is 1. The van der Waals surface area contributed by atoms with Crippen molar-refractivity contribution in [3.05, 3.63) is 54.1 Å². The van der Waals surface area contributed by atoms with Crippen LogP contribution in [0.25, 0.3) is 0 Å². The number of amides is 1.